The number of nitrogens with one attached hydrogen (secondary N) is 2. The Hall–Kier alpha value is -1.92. The van der Waals surface area contributed by atoms with Crippen LogP contribution in [0.5, 0.6) is 0 Å². The van der Waals surface area contributed by atoms with E-state index in [0.717, 1.165) is 18.3 Å². The molecule has 0 saturated carbocycles. The number of rotatable bonds is 6. The van der Waals surface area contributed by atoms with Crippen molar-refractivity contribution >= 4 is 40.9 Å². The van der Waals surface area contributed by atoms with E-state index in [-0.39, 0.29) is 15.7 Å². The molecule has 0 unspecified atom stereocenters. The molecule has 0 radical (unpaired) electrons. The summed E-state index contributed by atoms with van der Waals surface area (Å²) in [5, 5.41) is 2.78. The van der Waals surface area contributed by atoms with Gasteiger partial charge in [-0.25, -0.2) is 9.59 Å². The van der Waals surface area contributed by atoms with E-state index in [2.05, 4.69) is 9.47 Å². The second-order valence-electron chi connectivity index (χ2n) is 5.01. The monoisotopic (exact) mass is 456 g/mol. The Labute approximate surface area is 164 Å². The van der Waals surface area contributed by atoms with Gasteiger partial charge < -0.3 is 14.8 Å². The summed E-state index contributed by atoms with van der Waals surface area (Å²) >= 11 is 11.4. The van der Waals surface area contributed by atoms with Gasteiger partial charge in [0.2, 0.25) is 0 Å². The second kappa shape index (κ2) is 9.05. The molecule has 2 amide bonds. The van der Waals surface area contributed by atoms with Crippen LogP contribution in [0.4, 0.5) is 36.8 Å². The van der Waals surface area contributed by atoms with Gasteiger partial charge >= 0.3 is 30.1 Å². The zero-order chi connectivity index (χ0) is 21.8. The molecule has 2 N–H and O–H groups in total. The fraction of sp³-hybridized carbons (Fsp3) is 0.429. The lowest BCUT2D eigenvalue weighted by Gasteiger charge is -2.33. The van der Waals surface area contributed by atoms with Crippen LogP contribution in [0.25, 0.3) is 0 Å². The van der Waals surface area contributed by atoms with Crippen molar-refractivity contribution in [1.29, 1.82) is 0 Å². The summed E-state index contributed by atoms with van der Waals surface area (Å²) in [4.78, 5) is 23.8. The minimum atomic E-state index is -5.81. The Morgan fingerprint density at radius 3 is 2.21 bits per heavy atom. The Bertz CT molecular complexity index is 729. The van der Waals surface area contributed by atoms with Gasteiger partial charge in [-0.2, -0.15) is 26.3 Å². The lowest BCUT2D eigenvalue weighted by molar-refractivity contribution is -0.305. The molecule has 14 heteroatoms. The third-order valence-electron chi connectivity index (χ3n) is 2.88. The fourth-order valence-corrected chi connectivity index (χ4v) is 2.08. The number of alkyl halides is 6. The first kappa shape index (κ1) is 24.1. The molecule has 158 valence electrons. The molecule has 0 aliphatic carbocycles. The molecule has 1 rings (SSSR count). The van der Waals surface area contributed by atoms with Crippen LogP contribution in [0.2, 0.25) is 10.0 Å². The van der Waals surface area contributed by atoms with Crippen molar-refractivity contribution in [3.05, 3.63) is 28.2 Å². The molecule has 6 nitrogen and oxygen atoms in total. The zero-order valence-corrected chi connectivity index (χ0v) is 15.3. The number of esters is 1. The predicted molar refractivity (Wildman–Crippen MR) is 86.0 cm³/mol. The van der Waals surface area contributed by atoms with Crippen molar-refractivity contribution in [3.8, 4) is 0 Å². The van der Waals surface area contributed by atoms with Crippen LogP contribution in [0.1, 0.15) is 6.92 Å². The molecule has 1 aromatic rings. The van der Waals surface area contributed by atoms with E-state index in [9.17, 15) is 35.9 Å². The number of hydrogen-bond acceptors (Lipinski definition) is 4. The molecule has 1 atom stereocenters. The molecule has 0 bridgehead atoms. The summed E-state index contributed by atoms with van der Waals surface area (Å²) in [7, 11) is 0. The molecule has 0 saturated heterocycles. The summed E-state index contributed by atoms with van der Waals surface area (Å²) in [6, 6.07) is 1.80. The van der Waals surface area contributed by atoms with E-state index in [1.54, 1.807) is 0 Å². The lowest BCUT2D eigenvalue weighted by Crippen LogP contribution is -2.67. The number of anilines is 1. The van der Waals surface area contributed by atoms with E-state index in [4.69, 9.17) is 23.2 Å². The van der Waals surface area contributed by atoms with Crippen LogP contribution < -0.4 is 10.6 Å². The molecule has 0 aliphatic rings. The molecule has 0 fully saturated rings. The van der Waals surface area contributed by atoms with Gasteiger partial charge in [0.15, 0.2) is 0 Å². The molecular weight excluding hydrogens is 445 g/mol. The van der Waals surface area contributed by atoms with E-state index in [1.807, 2.05) is 5.32 Å². The lowest BCUT2D eigenvalue weighted by atomic mass is 10.2. The Kier molecular flexibility index (Phi) is 7.80. The van der Waals surface area contributed by atoms with Gasteiger partial charge in [0.25, 0.3) is 0 Å². The SMILES string of the molecule is CCOC(=O)[C@@](NC(=O)Nc1cc(Cl)ccc1Cl)(OCC(F)(F)F)C(F)(F)F. The maximum Gasteiger partial charge on any atom is 0.448 e. The smallest absolute Gasteiger partial charge is 0.448 e. The molecule has 0 spiro atoms. The van der Waals surface area contributed by atoms with Crippen LogP contribution in [0, 0.1) is 0 Å². The normalized spacial score (nSPS) is 14.2. The second-order valence-corrected chi connectivity index (χ2v) is 5.85. The van der Waals surface area contributed by atoms with Crippen molar-refractivity contribution in [1.82, 2.24) is 5.32 Å². The van der Waals surface area contributed by atoms with Crippen molar-refractivity contribution in [2.24, 2.45) is 0 Å². The van der Waals surface area contributed by atoms with Crippen LogP contribution in [-0.2, 0) is 14.3 Å². The Morgan fingerprint density at radius 2 is 1.71 bits per heavy atom. The molecule has 0 aromatic heterocycles. The number of halogens is 8. The highest BCUT2D eigenvalue weighted by Crippen LogP contribution is 2.35. The Balaban J connectivity index is 3.23. The Morgan fingerprint density at radius 1 is 1.11 bits per heavy atom. The van der Waals surface area contributed by atoms with Gasteiger partial charge in [-0.1, -0.05) is 23.2 Å². The first-order valence-electron chi connectivity index (χ1n) is 7.20. The van der Waals surface area contributed by atoms with E-state index >= 15 is 0 Å². The van der Waals surface area contributed by atoms with Gasteiger partial charge in [0.05, 0.1) is 17.3 Å². The quantitative estimate of drug-likeness (QED) is 0.375. The third-order valence-corrected chi connectivity index (χ3v) is 3.45. The standard InChI is InChI=1S/C14H12Cl2F6N2O4/c1-2-27-10(25)13(14(20,21)22,28-6-12(17,18)19)24-11(26)23-9-5-7(15)3-4-8(9)16/h3-5H,2,6H2,1H3,(H2,23,24,26)/t13-/m1/s1. The van der Waals surface area contributed by atoms with E-state index in [0.29, 0.717) is 0 Å². The number of carbonyl (C=O) groups is 2. The number of urea groups is 1. The molecule has 1 aromatic carbocycles. The van der Waals surface area contributed by atoms with Gasteiger partial charge in [0.1, 0.15) is 6.61 Å². The third kappa shape index (κ3) is 6.31. The highest BCUT2D eigenvalue weighted by Gasteiger charge is 2.66. The topological polar surface area (TPSA) is 76.7 Å². The van der Waals surface area contributed by atoms with Gasteiger partial charge in [0, 0.05) is 5.02 Å². The van der Waals surface area contributed by atoms with E-state index < -0.39 is 43.3 Å². The minimum Gasteiger partial charge on any atom is -0.462 e. The van der Waals surface area contributed by atoms with Gasteiger partial charge in [-0.15, -0.1) is 0 Å². The van der Waals surface area contributed by atoms with Gasteiger partial charge in [-0.3, -0.25) is 5.32 Å². The summed E-state index contributed by atoms with van der Waals surface area (Å²) in [6.07, 6.45) is -11.0. The first-order valence-corrected chi connectivity index (χ1v) is 7.96. The van der Waals surface area contributed by atoms with Crippen molar-refractivity contribution in [2.75, 3.05) is 18.5 Å². The summed E-state index contributed by atoms with van der Waals surface area (Å²) < 4.78 is 85.6. The molecule has 0 heterocycles. The fourth-order valence-electron chi connectivity index (χ4n) is 1.74. The zero-order valence-electron chi connectivity index (χ0n) is 13.8. The van der Waals surface area contributed by atoms with Gasteiger partial charge in [-0.05, 0) is 25.1 Å². The number of benzene rings is 1. The maximum atomic E-state index is 13.5. The summed E-state index contributed by atoms with van der Waals surface area (Å²) in [5.41, 5.74) is -4.70. The average Bonchev–Trinajstić information content (AvgIpc) is 2.53. The van der Waals surface area contributed by atoms with Crippen molar-refractivity contribution in [2.45, 2.75) is 25.0 Å². The summed E-state index contributed by atoms with van der Waals surface area (Å²) in [6.45, 7) is -2.02. The highest BCUT2D eigenvalue weighted by molar-refractivity contribution is 6.35. The van der Waals surface area contributed by atoms with Crippen LogP contribution in [0.15, 0.2) is 18.2 Å². The van der Waals surface area contributed by atoms with Crippen LogP contribution in [0.3, 0.4) is 0 Å². The average molecular weight is 457 g/mol. The number of hydrogen-bond donors (Lipinski definition) is 2. The minimum absolute atomic E-state index is 0.0421. The highest BCUT2D eigenvalue weighted by atomic mass is 35.5. The summed E-state index contributed by atoms with van der Waals surface area (Å²) in [5.74, 6) is -2.29. The number of carbonyl (C=O) groups excluding carboxylic acids is 2. The van der Waals surface area contributed by atoms with Crippen LogP contribution in [-0.4, -0.2) is 43.3 Å². The van der Waals surface area contributed by atoms with E-state index in [1.165, 1.54) is 12.1 Å². The molecular formula is C14H12Cl2F6N2O4. The largest absolute Gasteiger partial charge is 0.462 e. The number of ether oxygens (including phenoxy) is 2. The van der Waals surface area contributed by atoms with Crippen molar-refractivity contribution < 1.29 is 45.4 Å². The predicted octanol–water partition coefficient (Wildman–Crippen LogP) is 4.52. The first-order chi connectivity index (χ1) is 12.7. The molecule has 0 aliphatic heterocycles. The molecule has 28 heavy (non-hydrogen) atoms. The van der Waals surface area contributed by atoms with Crippen LogP contribution >= 0.6 is 23.2 Å². The van der Waals surface area contributed by atoms with Crippen molar-refractivity contribution in [3.63, 3.8) is 0 Å². The number of amides is 2. The maximum absolute atomic E-state index is 13.5.